The SMILES string of the molecule is C/C=C(/C)C(=O)O[C@@H]1C(C)=C2[C@H]([C@@H]1OC(=O)CCCCCCC)[C@](C)(OC(C)=O)C[C@H](OC(=O)CCC)[C@]1(O)[C@H]2OC(=O)[C@]1(C)O. The van der Waals surface area contributed by atoms with Gasteiger partial charge in [-0.15, -0.1) is 0 Å². The summed E-state index contributed by atoms with van der Waals surface area (Å²) in [5.41, 5.74) is -6.12. The standard InChI is InChI=1S/C34H50O12/c1-9-12-13-14-15-17-24(37)43-28-26-25(20(5)27(28)44-30(38)19(4)11-3)29-34(41,33(8,40)31(39)45-29)22(42-23(36)16-10-2)18-32(26,7)46-21(6)35/h11,22,26-29,40-41H,9-10,12-18H2,1-8H3/b19-11-/t22-,26+,27+,28-,29-,32+,33-,34-/m0/s1. The molecule has 0 aromatic heterocycles. The summed E-state index contributed by atoms with van der Waals surface area (Å²) < 4.78 is 29.3. The van der Waals surface area contributed by atoms with Crippen LogP contribution < -0.4 is 0 Å². The first-order valence-electron chi connectivity index (χ1n) is 16.3. The summed E-state index contributed by atoms with van der Waals surface area (Å²) in [6.07, 6.45) is 0.272. The van der Waals surface area contributed by atoms with Crippen molar-refractivity contribution in [1.29, 1.82) is 0 Å². The van der Waals surface area contributed by atoms with Gasteiger partial charge in [0.05, 0.1) is 5.92 Å². The Labute approximate surface area is 270 Å². The molecule has 46 heavy (non-hydrogen) atoms. The molecule has 1 saturated heterocycles. The fourth-order valence-corrected chi connectivity index (χ4v) is 6.90. The van der Waals surface area contributed by atoms with Crippen molar-refractivity contribution >= 4 is 29.8 Å². The minimum atomic E-state index is -2.57. The second-order valence-electron chi connectivity index (χ2n) is 13.1. The first-order chi connectivity index (χ1) is 21.5. The largest absolute Gasteiger partial charge is 0.459 e. The summed E-state index contributed by atoms with van der Waals surface area (Å²) in [6.45, 7) is 12.4. The average Bonchev–Trinajstić information content (AvgIpc) is 3.30. The summed E-state index contributed by atoms with van der Waals surface area (Å²) in [5.74, 6) is -5.03. The maximum atomic E-state index is 13.3. The van der Waals surface area contributed by atoms with Crippen molar-refractivity contribution in [3.63, 3.8) is 0 Å². The van der Waals surface area contributed by atoms with E-state index in [4.69, 9.17) is 23.7 Å². The third-order valence-electron chi connectivity index (χ3n) is 9.51. The van der Waals surface area contributed by atoms with Crippen molar-refractivity contribution < 1.29 is 57.9 Å². The topological polar surface area (TPSA) is 172 Å². The average molecular weight is 651 g/mol. The number of aliphatic hydroxyl groups is 2. The van der Waals surface area contributed by atoms with Crippen LogP contribution in [0.3, 0.4) is 0 Å². The zero-order chi connectivity index (χ0) is 34.6. The Morgan fingerprint density at radius 3 is 2.15 bits per heavy atom. The van der Waals surface area contributed by atoms with Gasteiger partial charge in [-0.1, -0.05) is 45.6 Å². The van der Waals surface area contributed by atoms with Gasteiger partial charge in [0.25, 0.3) is 0 Å². The van der Waals surface area contributed by atoms with Crippen LogP contribution in [0.1, 0.15) is 113 Å². The van der Waals surface area contributed by atoms with E-state index in [1.165, 1.54) is 13.8 Å². The molecule has 1 aliphatic heterocycles. The van der Waals surface area contributed by atoms with Gasteiger partial charge in [0, 0.05) is 31.8 Å². The van der Waals surface area contributed by atoms with Crippen molar-refractivity contribution in [2.24, 2.45) is 5.92 Å². The van der Waals surface area contributed by atoms with E-state index in [2.05, 4.69) is 6.92 Å². The zero-order valence-electron chi connectivity index (χ0n) is 28.3. The highest BCUT2D eigenvalue weighted by atomic mass is 16.6. The van der Waals surface area contributed by atoms with E-state index < -0.39 is 83.4 Å². The molecule has 258 valence electrons. The molecule has 8 atom stereocenters. The summed E-state index contributed by atoms with van der Waals surface area (Å²) in [6, 6.07) is 0. The van der Waals surface area contributed by atoms with Crippen LogP contribution in [0.15, 0.2) is 22.8 Å². The highest BCUT2D eigenvalue weighted by molar-refractivity contribution is 5.88. The smallest absolute Gasteiger partial charge is 0.341 e. The highest BCUT2D eigenvalue weighted by Gasteiger charge is 2.76. The maximum Gasteiger partial charge on any atom is 0.341 e. The Bertz CT molecular complexity index is 1260. The predicted molar refractivity (Wildman–Crippen MR) is 164 cm³/mol. The molecule has 12 heteroatoms. The Morgan fingerprint density at radius 1 is 0.935 bits per heavy atom. The fourth-order valence-electron chi connectivity index (χ4n) is 6.90. The molecule has 3 rings (SSSR count). The third-order valence-corrected chi connectivity index (χ3v) is 9.51. The van der Waals surface area contributed by atoms with Crippen molar-refractivity contribution in [2.45, 2.75) is 154 Å². The Hall–Kier alpha value is -3.25. The number of carbonyl (C=O) groups excluding carboxylic acids is 5. The first-order valence-corrected chi connectivity index (χ1v) is 16.3. The Kier molecular flexibility index (Phi) is 11.9. The number of ether oxygens (including phenoxy) is 5. The maximum absolute atomic E-state index is 13.3. The first kappa shape index (κ1) is 37.2. The van der Waals surface area contributed by atoms with Crippen LogP contribution in [0.2, 0.25) is 0 Å². The molecular weight excluding hydrogens is 600 g/mol. The van der Waals surface area contributed by atoms with Crippen molar-refractivity contribution in [3.8, 4) is 0 Å². The molecule has 3 aliphatic rings. The van der Waals surface area contributed by atoms with Crippen LogP contribution in [0.4, 0.5) is 0 Å². The lowest BCUT2D eigenvalue weighted by molar-refractivity contribution is -0.212. The number of unbranched alkanes of at least 4 members (excludes halogenated alkanes) is 4. The molecule has 12 nitrogen and oxygen atoms in total. The van der Waals surface area contributed by atoms with Gasteiger partial charge >= 0.3 is 29.8 Å². The van der Waals surface area contributed by atoms with E-state index in [0.717, 1.165) is 32.6 Å². The van der Waals surface area contributed by atoms with Crippen LogP contribution >= 0.6 is 0 Å². The number of esters is 5. The number of rotatable bonds is 13. The summed E-state index contributed by atoms with van der Waals surface area (Å²) in [4.78, 5) is 65.1. The number of allylic oxidation sites excluding steroid dienone is 1. The van der Waals surface area contributed by atoms with Crippen molar-refractivity contribution in [2.75, 3.05) is 0 Å². The number of carbonyl (C=O) groups is 5. The van der Waals surface area contributed by atoms with Gasteiger partial charge in [-0.3, -0.25) is 14.4 Å². The van der Waals surface area contributed by atoms with E-state index in [0.29, 0.717) is 12.8 Å². The van der Waals surface area contributed by atoms with Crippen LogP contribution in [-0.4, -0.2) is 81.3 Å². The van der Waals surface area contributed by atoms with Crippen LogP contribution in [0.25, 0.3) is 0 Å². The molecule has 0 unspecified atom stereocenters. The molecule has 0 aromatic carbocycles. The molecule has 2 fully saturated rings. The number of hydrogen-bond donors (Lipinski definition) is 2. The quantitative estimate of drug-likeness (QED) is 0.0969. The van der Waals surface area contributed by atoms with Gasteiger partial charge in [-0.2, -0.15) is 0 Å². The molecular formula is C34H50O12. The summed E-state index contributed by atoms with van der Waals surface area (Å²) in [7, 11) is 0. The van der Waals surface area contributed by atoms with E-state index in [-0.39, 0.29) is 29.6 Å². The van der Waals surface area contributed by atoms with Crippen LogP contribution in [-0.2, 0) is 47.7 Å². The van der Waals surface area contributed by atoms with Gasteiger partial charge in [-0.05, 0) is 58.6 Å². The lowest BCUT2D eigenvalue weighted by Crippen LogP contribution is -2.64. The predicted octanol–water partition coefficient (Wildman–Crippen LogP) is 3.93. The molecule has 1 saturated carbocycles. The lowest BCUT2D eigenvalue weighted by atomic mass is 9.75. The molecule has 0 radical (unpaired) electrons. The minimum Gasteiger partial charge on any atom is -0.459 e. The molecule has 0 aromatic rings. The van der Waals surface area contributed by atoms with Crippen molar-refractivity contribution in [1.82, 2.24) is 0 Å². The molecule has 0 spiro atoms. The van der Waals surface area contributed by atoms with Gasteiger partial charge in [-0.25, -0.2) is 9.59 Å². The summed E-state index contributed by atoms with van der Waals surface area (Å²) >= 11 is 0. The van der Waals surface area contributed by atoms with E-state index in [1.54, 1.807) is 33.8 Å². The Balaban J connectivity index is 2.23. The summed E-state index contributed by atoms with van der Waals surface area (Å²) in [5, 5.41) is 23.9. The van der Waals surface area contributed by atoms with Gasteiger partial charge in [0.2, 0.25) is 0 Å². The molecule has 1 heterocycles. The molecule has 2 aliphatic carbocycles. The minimum absolute atomic E-state index is 0.0234. The van der Waals surface area contributed by atoms with E-state index in [1.807, 2.05) is 0 Å². The van der Waals surface area contributed by atoms with E-state index in [9.17, 15) is 34.2 Å². The van der Waals surface area contributed by atoms with Crippen LogP contribution in [0.5, 0.6) is 0 Å². The monoisotopic (exact) mass is 650 g/mol. The molecule has 2 N–H and O–H groups in total. The fraction of sp³-hybridized carbons (Fsp3) is 0.735. The second kappa shape index (κ2) is 14.7. The van der Waals surface area contributed by atoms with Gasteiger partial charge < -0.3 is 33.9 Å². The molecule has 0 bridgehead atoms. The normalized spacial score (nSPS) is 33.8. The number of fused-ring (bicyclic) bond motifs is 3. The Morgan fingerprint density at radius 2 is 1.57 bits per heavy atom. The highest BCUT2D eigenvalue weighted by Crippen LogP contribution is 2.57. The second-order valence-corrected chi connectivity index (χ2v) is 13.1. The van der Waals surface area contributed by atoms with Gasteiger partial charge in [0.1, 0.15) is 11.7 Å². The molecule has 0 amide bonds. The third kappa shape index (κ3) is 7.02. The van der Waals surface area contributed by atoms with Gasteiger partial charge in [0.15, 0.2) is 29.5 Å². The van der Waals surface area contributed by atoms with Crippen molar-refractivity contribution in [3.05, 3.63) is 22.8 Å². The zero-order valence-corrected chi connectivity index (χ0v) is 28.3. The van der Waals surface area contributed by atoms with E-state index >= 15 is 0 Å². The van der Waals surface area contributed by atoms with Crippen LogP contribution in [0, 0.1) is 5.92 Å². The number of hydrogen-bond acceptors (Lipinski definition) is 12. The lowest BCUT2D eigenvalue weighted by Gasteiger charge is -2.41.